The van der Waals surface area contributed by atoms with Crippen molar-refractivity contribution in [2.24, 2.45) is 5.92 Å². The van der Waals surface area contributed by atoms with Gasteiger partial charge >= 0.3 is 0 Å². The third-order valence-electron chi connectivity index (χ3n) is 3.21. The first kappa shape index (κ1) is 12.8. The van der Waals surface area contributed by atoms with Gasteiger partial charge in [0.05, 0.1) is 0 Å². The van der Waals surface area contributed by atoms with Crippen molar-refractivity contribution in [3.8, 4) is 0 Å². The summed E-state index contributed by atoms with van der Waals surface area (Å²) in [5.41, 5.74) is 1.04. The summed E-state index contributed by atoms with van der Waals surface area (Å²) in [7, 11) is 0. The first-order chi connectivity index (χ1) is 8.74. The molecule has 0 heterocycles. The normalized spacial score (nSPS) is 17.9. The molecule has 1 amide bonds. The second kappa shape index (κ2) is 6.34. The van der Waals surface area contributed by atoms with Gasteiger partial charge in [-0.25, -0.2) is 4.39 Å². The van der Waals surface area contributed by atoms with Crippen LogP contribution in [0.15, 0.2) is 36.4 Å². The predicted molar refractivity (Wildman–Crippen MR) is 69.6 cm³/mol. The maximum atomic E-state index is 12.7. The molecule has 2 rings (SSSR count). The molecule has 0 fully saturated rings. The first-order valence-electron chi connectivity index (χ1n) is 6.42. The van der Waals surface area contributed by atoms with E-state index in [4.69, 9.17) is 0 Å². The zero-order valence-corrected chi connectivity index (χ0v) is 10.4. The Bertz CT molecular complexity index is 425. The van der Waals surface area contributed by atoms with Crippen LogP contribution < -0.4 is 5.32 Å². The maximum Gasteiger partial charge on any atom is 0.220 e. The fourth-order valence-corrected chi connectivity index (χ4v) is 2.17. The molecule has 1 unspecified atom stereocenters. The van der Waals surface area contributed by atoms with Crippen LogP contribution in [0.4, 0.5) is 4.39 Å². The number of hydrogen-bond acceptors (Lipinski definition) is 1. The molecule has 1 aliphatic carbocycles. The van der Waals surface area contributed by atoms with Crippen molar-refractivity contribution >= 4 is 5.91 Å². The van der Waals surface area contributed by atoms with Gasteiger partial charge in [-0.15, -0.1) is 0 Å². The lowest BCUT2D eigenvalue weighted by molar-refractivity contribution is -0.121. The molecule has 0 aliphatic heterocycles. The van der Waals surface area contributed by atoms with E-state index in [1.165, 1.54) is 12.1 Å². The van der Waals surface area contributed by atoms with Crippen molar-refractivity contribution < 1.29 is 9.18 Å². The molecule has 0 spiro atoms. The molecule has 0 radical (unpaired) electrons. The molecule has 1 N–H and O–H groups in total. The summed E-state index contributed by atoms with van der Waals surface area (Å²) in [6.07, 6.45) is 7.77. The minimum absolute atomic E-state index is 0.105. The van der Waals surface area contributed by atoms with Crippen molar-refractivity contribution in [2.75, 3.05) is 6.54 Å². The minimum atomic E-state index is -0.226. The van der Waals surface area contributed by atoms with Gasteiger partial charge in [0.1, 0.15) is 5.82 Å². The first-order valence-corrected chi connectivity index (χ1v) is 6.42. The molecule has 3 heteroatoms. The zero-order chi connectivity index (χ0) is 12.8. The van der Waals surface area contributed by atoms with Crippen LogP contribution >= 0.6 is 0 Å². The van der Waals surface area contributed by atoms with Crippen LogP contribution in [0.2, 0.25) is 0 Å². The molecule has 0 bridgehead atoms. The number of benzene rings is 1. The van der Waals surface area contributed by atoms with E-state index in [-0.39, 0.29) is 11.7 Å². The third kappa shape index (κ3) is 3.99. The number of allylic oxidation sites excluding steroid dienone is 2. The highest BCUT2D eigenvalue weighted by Crippen LogP contribution is 2.19. The Hall–Kier alpha value is -1.64. The highest BCUT2D eigenvalue weighted by molar-refractivity contribution is 5.76. The van der Waals surface area contributed by atoms with Gasteiger partial charge in [-0.1, -0.05) is 24.3 Å². The Morgan fingerprint density at radius 1 is 1.33 bits per heavy atom. The Morgan fingerprint density at radius 2 is 2.11 bits per heavy atom. The Labute approximate surface area is 107 Å². The Kier molecular flexibility index (Phi) is 4.51. The van der Waals surface area contributed by atoms with E-state index in [0.717, 1.165) is 24.8 Å². The van der Waals surface area contributed by atoms with E-state index in [9.17, 15) is 9.18 Å². The molecule has 1 aromatic rings. The SMILES string of the molecule is O=C(CC1C=CCC1)NCCc1ccc(F)cc1. The number of carbonyl (C=O) groups is 1. The zero-order valence-electron chi connectivity index (χ0n) is 10.4. The van der Waals surface area contributed by atoms with Crippen molar-refractivity contribution in [2.45, 2.75) is 25.7 Å². The highest BCUT2D eigenvalue weighted by Gasteiger charge is 2.13. The van der Waals surface area contributed by atoms with E-state index in [1.807, 2.05) is 0 Å². The summed E-state index contributed by atoms with van der Waals surface area (Å²) in [5, 5.41) is 2.91. The number of hydrogen-bond donors (Lipinski definition) is 1. The summed E-state index contributed by atoms with van der Waals surface area (Å²) < 4.78 is 12.7. The van der Waals surface area contributed by atoms with Gasteiger partial charge in [0, 0.05) is 13.0 Å². The van der Waals surface area contributed by atoms with Gasteiger partial charge in [0.25, 0.3) is 0 Å². The van der Waals surface area contributed by atoms with Crippen molar-refractivity contribution in [1.29, 1.82) is 0 Å². The van der Waals surface area contributed by atoms with Gasteiger partial charge in [-0.05, 0) is 42.9 Å². The largest absolute Gasteiger partial charge is 0.356 e. The topological polar surface area (TPSA) is 29.1 Å². The third-order valence-corrected chi connectivity index (χ3v) is 3.21. The summed E-state index contributed by atoms with van der Waals surface area (Å²) in [6.45, 7) is 0.612. The van der Waals surface area contributed by atoms with Crippen LogP contribution in [0.3, 0.4) is 0 Å². The van der Waals surface area contributed by atoms with Gasteiger partial charge in [-0.2, -0.15) is 0 Å². The monoisotopic (exact) mass is 247 g/mol. The molecular weight excluding hydrogens is 229 g/mol. The quantitative estimate of drug-likeness (QED) is 0.796. The van der Waals surface area contributed by atoms with Crippen LogP contribution in [-0.2, 0) is 11.2 Å². The smallest absolute Gasteiger partial charge is 0.220 e. The predicted octanol–water partition coefficient (Wildman–Crippen LogP) is 2.84. The van der Waals surface area contributed by atoms with Crippen LogP contribution in [0.1, 0.15) is 24.8 Å². The molecule has 18 heavy (non-hydrogen) atoms. The van der Waals surface area contributed by atoms with Crippen LogP contribution in [0.25, 0.3) is 0 Å². The van der Waals surface area contributed by atoms with E-state index >= 15 is 0 Å². The summed E-state index contributed by atoms with van der Waals surface area (Å²) in [4.78, 5) is 11.6. The second-order valence-corrected chi connectivity index (χ2v) is 4.70. The number of rotatable bonds is 5. The van der Waals surface area contributed by atoms with Crippen LogP contribution in [0, 0.1) is 11.7 Å². The van der Waals surface area contributed by atoms with Crippen LogP contribution in [0.5, 0.6) is 0 Å². The Morgan fingerprint density at radius 3 is 2.78 bits per heavy atom. The van der Waals surface area contributed by atoms with E-state index in [2.05, 4.69) is 17.5 Å². The van der Waals surface area contributed by atoms with Crippen molar-refractivity contribution in [3.63, 3.8) is 0 Å². The lowest BCUT2D eigenvalue weighted by Crippen LogP contribution is -2.26. The molecule has 1 aromatic carbocycles. The average molecular weight is 247 g/mol. The summed E-state index contributed by atoms with van der Waals surface area (Å²) >= 11 is 0. The van der Waals surface area contributed by atoms with Crippen molar-refractivity contribution in [3.05, 3.63) is 47.8 Å². The van der Waals surface area contributed by atoms with Gasteiger partial charge in [-0.3, -0.25) is 4.79 Å². The standard InChI is InChI=1S/C15H18FNO/c16-14-7-5-12(6-8-14)9-10-17-15(18)11-13-3-1-2-4-13/h1,3,5-8,13H,2,4,9-11H2,(H,17,18). The molecule has 0 aromatic heterocycles. The number of halogens is 1. The molecule has 1 atom stereocenters. The molecule has 96 valence electrons. The Balaban J connectivity index is 1.66. The van der Waals surface area contributed by atoms with E-state index in [0.29, 0.717) is 18.9 Å². The van der Waals surface area contributed by atoms with Gasteiger partial charge < -0.3 is 5.32 Å². The van der Waals surface area contributed by atoms with Crippen LogP contribution in [-0.4, -0.2) is 12.5 Å². The number of nitrogens with one attached hydrogen (secondary N) is 1. The molecule has 1 aliphatic rings. The minimum Gasteiger partial charge on any atom is -0.356 e. The molecular formula is C15H18FNO. The van der Waals surface area contributed by atoms with E-state index in [1.54, 1.807) is 12.1 Å². The fourth-order valence-electron chi connectivity index (χ4n) is 2.17. The van der Waals surface area contributed by atoms with E-state index < -0.39 is 0 Å². The molecule has 0 saturated heterocycles. The average Bonchev–Trinajstić information content (AvgIpc) is 2.84. The molecule has 0 saturated carbocycles. The van der Waals surface area contributed by atoms with Crippen molar-refractivity contribution in [1.82, 2.24) is 5.32 Å². The maximum absolute atomic E-state index is 12.7. The lowest BCUT2D eigenvalue weighted by Gasteiger charge is -2.08. The highest BCUT2D eigenvalue weighted by atomic mass is 19.1. The molecule has 2 nitrogen and oxygen atoms in total. The second-order valence-electron chi connectivity index (χ2n) is 4.70. The summed E-state index contributed by atoms with van der Waals surface area (Å²) in [5.74, 6) is 0.292. The van der Waals surface area contributed by atoms with Gasteiger partial charge in [0.2, 0.25) is 5.91 Å². The lowest BCUT2D eigenvalue weighted by atomic mass is 10.1. The fraction of sp³-hybridized carbons (Fsp3) is 0.400. The number of amides is 1. The van der Waals surface area contributed by atoms with Gasteiger partial charge in [0.15, 0.2) is 0 Å². The number of carbonyl (C=O) groups excluding carboxylic acids is 1. The summed E-state index contributed by atoms with van der Waals surface area (Å²) in [6, 6.07) is 6.39.